The Balaban J connectivity index is 4.93. The molecule has 0 fully saturated rings. The summed E-state index contributed by atoms with van der Waals surface area (Å²) in [5.74, 6) is -1.36. The number of nitrogens with one attached hydrogen (secondary N) is 1. The molecule has 0 aliphatic rings. The predicted octanol–water partition coefficient (Wildman–Crippen LogP) is 1.76. The normalized spacial score (nSPS) is 11.8. The fourth-order valence-corrected chi connectivity index (χ4v) is 1.84. The highest BCUT2D eigenvalue weighted by atomic mass is 16.6. The van der Waals surface area contributed by atoms with Gasteiger partial charge in [-0.05, 0) is 20.3 Å². The first-order chi connectivity index (χ1) is 13.3. The summed E-state index contributed by atoms with van der Waals surface area (Å²) >= 11 is 0. The lowest BCUT2D eigenvalue weighted by atomic mass is 10.1. The van der Waals surface area contributed by atoms with E-state index in [1.165, 1.54) is 6.92 Å². The number of hydrogen-bond donors (Lipinski definition) is 1. The minimum absolute atomic E-state index is 0.168. The zero-order valence-electron chi connectivity index (χ0n) is 16.9. The zero-order valence-corrected chi connectivity index (χ0v) is 16.9. The van der Waals surface area contributed by atoms with E-state index in [0.29, 0.717) is 13.2 Å². The summed E-state index contributed by atoms with van der Waals surface area (Å²) in [4.78, 5) is 35.0. The van der Waals surface area contributed by atoms with Crippen molar-refractivity contribution in [2.75, 3.05) is 39.6 Å². The number of rotatable bonds is 15. The van der Waals surface area contributed by atoms with Crippen molar-refractivity contribution in [1.82, 2.24) is 5.32 Å². The molecule has 0 aromatic rings. The van der Waals surface area contributed by atoms with Gasteiger partial charge < -0.3 is 29.0 Å². The molecule has 0 aliphatic heterocycles. The number of carbonyl (C=O) groups excluding carboxylic acids is 3. The summed E-state index contributed by atoms with van der Waals surface area (Å²) in [5, 5.41) is 2.55. The van der Waals surface area contributed by atoms with Crippen LogP contribution in [-0.4, -0.2) is 69.3 Å². The van der Waals surface area contributed by atoms with Crippen molar-refractivity contribution >= 4 is 18.0 Å². The highest BCUT2D eigenvalue weighted by Crippen LogP contribution is 2.09. The van der Waals surface area contributed by atoms with Crippen LogP contribution in [-0.2, 0) is 33.3 Å². The first kappa shape index (κ1) is 25.6. The first-order valence-electron chi connectivity index (χ1n) is 9.02. The second kappa shape index (κ2) is 14.6. The van der Waals surface area contributed by atoms with E-state index >= 15 is 0 Å². The Hall–Kier alpha value is -2.39. The van der Waals surface area contributed by atoms with Crippen molar-refractivity contribution in [2.45, 2.75) is 38.8 Å². The lowest BCUT2D eigenvalue weighted by molar-refractivity contribution is -0.144. The van der Waals surface area contributed by atoms with Crippen molar-refractivity contribution in [2.24, 2.45) is 0 Å². The third-order valence-corrected chi connectivity index (χ3v) is 3.24. The Morgan fingerprint density at radius 2 is 1.54 bits per heavy atom. The van der Waals surface area contributed by atoms with Gasteiger partial charge in [-0.2, -0.15) is 0 Å². The molecule has 9 heteroatoms. The van der Waals surface area contributed by atoms with Crippen molar-refractivity contribution in [3.63, 3.8) is 0 Å². The minimum atomic E-state index is -1.23. The van der Waals surface area contributed by atoms with Gasteiger partial charge in [0.2, 0.25) is 0 Å². The van der Waals surface area contributed by atoms with E-state index in [0.717, 1.165) is 18.6 Å². The van der Waals surface area contributed by atoms with E-state index in [1.54, 1.807) is 0 Å². The summed E-state index contributed by atoms with van der Waals surface area (Å²) in [6.07, 6.45) is 1.38. The first-order valence-corrected chi connectivity index (χ1v) is 9.02. The van der Waals surface area contributed by atoms with Gasteiger partial charge in [0.15, 0.2) is 6.10 Å². The summed E-state index contributed by atoms with van der Waals surface area (Å²) in [5.41, 5.74) is -1.23. The Labute approximate surface area is 166 Å². The third-order valence-electron chi connectivity index (χ3n) is 3.24. The molecule has 0 rings (SSSR count). The van der Waals surface area contributed by atoms with E-state index in [2.05, 4.69) is 18.5 Å². The number of carbonyl (C=O) groups is 3. The molecule has 1 amide bonds. The largest absolute Gasteiger partial charge is 0.460 e. The van der Waals surface area contributed by atoms with Crippen LogP contribution in [0.4, 0.5) is 4.79 Å². The van der Waals surface area contributed by atoms with E-state index in [-0.39, 0.29) is 26.4 Å². The Morgan fingerprint density at radius 1 is 1.00 bits per heavy atom. The standard InChI is InChI=1S/C19H31NO8/c1-6-10-25-12-15(11-24-9-4)28-18(23)20-19(5,13-26-16(21)7-2)14-27-17(22)8-3/h7-8,15H,2-3,6,9-14H2,1,4-5H3,(H,20,23). The Morgan fingerprint density at radius 3 is 2.00 bits per heavy atom. The molecule has 1 atom stereocenters. The van der Waals surface area contributed by atoms with Crippen molar-refractivity contribution in [3.05, 3.63) is 25.3 Å². The molecule has 0 saturated carbocycles. The minimum Gasteiger partial charge on any atom is -0.460 e. The third kappa shape index (κ3) is 12.1. The van der Waals surface area contributed by atoms with Gasteiger partial charge in [0, 0.05) is 25.4 Å². The van der Waals surface area contributed by atoms with Gasteiger partial charge in [-0.3, -0.25) is 0 Å². The Bertz CT molecular complexity index is 496. The van der Waals surface area contributed by atoms with Gasteiger partial charge in [0.1, 0.15) is 18.8 Å². The van der Waals surface area contributed by atoms with E-state index < -0.39 is 29.7 Å². The summed E-state index contributed by atoms with van der Waals surface area (Å²) < 4.78 is 26.0. The number of amides is 1. The van der Waals surface area contributed by atoms with Gasteiger partial charge >= 0.3 is 18.0 Å². The highest BCUT2D eigenvalue weighted by Gasteiger charge is 2.31. The van der Waals surface area contributed by atoms with Crippen LogP contribution in [0.2, 0.25) is 0 Å². The second-order valence-corrected chi connectivity index (χ2v) is 6.07. The fraction of sp³-hybridized carbons (Fsp3) is 0.632. The van der Waals surface area contributed by atoms with Gasteiger partial charge in [0.05, 0.1) is 13.2 Å². The van der Waals surface area contributed by atoms with Crippen LogP contribution in [0.3, 0.4) is 0 Å². The van der Waals surface area contributed by atoms with Crippen LogP contribution in [0, 0.1) is 0 Å². The molecule has 9 nitrogen and oxygen atoms in total. The van der Waals surface area contributed by atoms with E-state index in [4.69, 9.17) is 23.7 Å². The van der Waals surface area contributed by atoms with Gasteiger partial charge in [-0.25, -0.2) is 14.4 Å². The molecule has 0 bridgehead atoms. The smallest absolute Gasteiger partial charge is 0.408 e. The molecule has 28 heavy (non-hydrogen) atoms. The lowest BCUT2D eigenvalue weighted by Crippen LogP contribution is -2.54. The second-order valence-electron chi connectivity index (χ2n) is 6.07. The van der Waals surface area contributed by atoms with Crippen LogP contribution in [0.15, 0.2) is 25.3 Å². The van der Waals surface area contributed by atoms with Crippen molar-refractivity contribution < 1.29 is 38.1 Å². The van der Waals surface area contributed by atoms with Crippen LogP contribution in [0.5, 0.6) is 0 Å². The number of alkyl carbamates (subject to hydrolysis) is 1. The average molecular weight is 401 g/mol. The SMILES string of the molecule is C=CC(=O)OCC(C)(COC(=O)C=C)NC(=O)OC(COCC)COCCC. The molecule has 1 N–H and O–H groups in total. The van der Waals surface area contributed by atoms with E-state index in [9.17, 15) is 14.4 Å². The van der Waals surface area contributed by atoms with Crippen molar-refractivity contribution in [3.8, 4) is 0 Å². The van der Waals surface area contributed by atoms with Crippen LogP contribution >= 0.6 is 0 Å². The zero-order chi connectivity index (χ0) is 21.4. The molecular formula is C19H31NO8. The maximum atomic E-state index is 12.3. The van der Waals surface area contributed by atoms with Gasteiger partial charge in [-0.15, -0.1) is 0 Å². The molecule has 0 aromatic heterocycles. The molecule has 160 valence electrons. The van der Waals surface area contributed by atoms with Crippen LogP contribution in [0.1, 0.15) is 27.2 Å². The molecule has 0 aromatic carbocycles. The van der Waals surface area contributed by atoms with Crippen LogP contribution < -0.4 is 5.32 Å². The lowest BCUT2D eigenvalue weighted by Gasteiger charge is -2.30. The number of hydrogen-bond acceptors (Lipinski definition) is 8. The summed E-state index contributed by atoms with van der Waals surface area (Å²) in [6.45, 7) is 12.7. The predicted molar refractivity (Wildman–Crippen MR) is 102 cm³/mol. The summed E-state index contributed by atoms with van der Waals surface area (Å²) in [6, 6.07) is 0. The maximum absolute atomic E-state index is 12.3. The molecule has 0 radical (unpaired) electrons. The summed E-state index contributed by atoms with van der Waals surface area (Å²) in [7, 11) is 0. The number of ether oxygens (including phenoxy) is 5. The van der Waals surface area contributed by atoms with E-state index in [1.807, 2.05) is 13.8 Å². The number of esters is 2. The fourth-order valence-electron chi connectivity index (χ4n) is 1.84. The molecular weight excluding hydrogens is 370 g/mol. The van der Waals surface area contributed by atoms with Gasteiger partial charge in [-0.1, -0.05) is 20.1 Å². The topological polar surface area (TPSA) is 109 Å². The quantitative estimate of drug-likeness (QED) is 0.191. The molecule has 0 saturated heterocycles. The maximum Gasteiger partial charge on any atom is 0.408 e. The monoisotopic (exact) mass is 401 g/mol. The highest BCUT2D eigenvalue weighted by molar-refractivity contribution is 5.82. The molecule has 0 spiro atoms. The van der Waals surface area contributed by atoms with Crippen molar-refractivity contribution in [1.29, 1.82) is 0 Å². The van der Waals surface area contributed by atoms with Gasteiger partial charge in [0.25, 0.3) is 0 Å². The average Bonchev–Trinajstić information content (AvgIpc) is 2.68. The van der Waals surface area contributed by atoms with Crippen LogP contribution in [0.25, 0.3) is 0 Å². The molecule has 1 unspecified atom stereocenters. The Kier molecular flexibility index (Phi) is 13.4. The molecule has 0 aliphatic carbocycles. The molecule has 0 heterocycles.